The molecule has 0 radical (unpaired) electrons. The van der Waals surface area contributed by atoms with E-state index in [1.807, 2.05) is 6.92 Å². The standard InChI is InChI=1S/C14H28N4/c1-12(2)16-14(4,11-15)6-7-18-9-8-17(5)13(3)10-18/h12-13,16H,6-10H2,1-5H3. The molecule has 1 rings (SSSR count). The molecule has 104 valence electrons. The number of nitrogens with one attached hydrogen (secondary N) is 1. The maximum atomic E-state index is 9.32. The van der Waals surface area contributed by atoms with Crippen LogP contribution < -0.4 is 5.32 Å². The zero-order valence-corrected chi connectivity index (χ0v) is 12.5. The van der Waals surface area contributed by atoms with E-state index in [-0.39, 0.29) is 0 Å². The molecule has 4 heteroatoms. The van der Waals surface area contributed by atoms with Crippen molar-refractivity contribution in [1.29, 1.82) is 5.26 Å². The van der Waals surface area contributed by atoms with E-state index in [4.69, 9.17) is 0 Å². The third kappa shape index (κ3) is 4.56. The summed E-state index contributed by atoms with van der Waals surface area (Å²) in [5, 5.41) is 12.7. The Hall–Kier alpha value is -0.630. The molecule has 1 heterocycles. The molecule has 0 aromatic heterocycles. The lowest BCUT2D eigenvalue weighted by Crippen LogP contribution is -2.52. The van der Waals surface area contributed by atoms with E-state index in [9.17, 15) is 5.26 Å². The van der Waals surface area contributed by atoms with E-state index in [2.05, 4.69) is 49.0 Å². The molecule has 1 fully saturated rings. The highest BCUT2D eigenvalue weighted by molar-refractivity contribution is 5.04. The Morgan fingerprint density at radius 1 is 1.44 bits per heavy atom. The van der Waals surface area contributed by atoms with Crippen LogP contribution in [0.1, 0.15) is 34.1 Å². The van der Waals surface area contributed by atoms with Gasteiger partial charge in [-0.25, -0.2) is 0 Å². The predicted molar refractivity (Wildman–Crippen MR) is 75.4 cm³/mol. The van der Waals surface area contributed by atoms with Crippen molar-refractivity contribution in [2.24, 2.45) is 0 Å². The Balaban J connectivity index is 2.42. The van der Waals surface area contributed by atoms with Gasteiger partial charge < -0.3 is 9.80 Å². The van der Waals surface area contributed by atoms with Crippen molar-refractivity contribution in [2.45, 2.75) is 51.7 Å². The molecule has 0 bridgehead atoms. The third-order valence-corrected chi connectivity index (χ3v) is 3.83. The summed E-state index contributed by atoms with van der Waals surface area (Å²) in [7, 11) is 2.18. The lowest BCUT2D eigenvalue weighted by Gasteiger charge is -2.39. The van der Waals surface area contributed by atoms with E-state index < -0.39 is 5.54 Å². The number of piperazine rings is 1. The lowest BCUT2D eigenvalue weighted by molar-refractivity contribution is 0.0992. The van der Waals surface area contributed by atoms with E-state index in [0.29, 0.717) is 12.1 Å². The highest BCUT2D eigenvalue weighted by Crippen LogP contribution is 2.13. The van der Waals surface area contributed by atoms with Crippen molar-refractivity contribution in [1.82, 2.24) is 15.1 Å². The quantitative estimate of drug-likeness (QED) is 0.801. The van der Waals surface area contributed by atoms with Crippen LogP contribution >= 0.6 is 0 Å². The van der Waals surface area contributed by atoms with Crippen LogP contribution in [-0.2, 0) is 0 Å². The van der Waals surface area contributed by atoms with Crippen LogP contribution in [0.3, 0.4) is 0 Å². The van der Waals surface area contributed by atoms with Crippen LogP contribution in [0.5, 0.6) is 0 Å². The van der Waals surface area contributed by atoms with Crippen LogP contribution in [0.2, 0.25) is 0 Å². The normalized spacial score (nSPS) is 25.9. The number of nitriles is 1. The van der Waals surface area contributed by atoms with Crippen LogP contribution in [-0.4, -0.2) is 60.6 Å². The molecule has 18 heavy (non-hydrogen) atoms. The van der Waals surface area contributed by atoms with E-state index in [1.54, 1.807) is 0 Å². The summed E-state index contributed by atoms with van der Waals surface area (Å²) in [5.74, 6) is 0. The van der Waals surface area contributed by atoms with Crippen molar-refractivity contribution in [3.8, 4) is 6.07 Å². The minimum Gasteiger partial charge on any atom is -0.301 e. The molecule has 1 aliphatic heterocycles. The molecular weight excluding hydrogens is 224 g/mol. The number of hydrogen-bond donors (Lipinski definition) is 1. The van der Waals surface area contributed by atoms with E-state index in [0.717, 1.165) is 32.6 Å². The molecule has 2 unspecified atom stereocenters. The van der Waals surface area contributed by atoms with Gasteiger partial charge in [0.15, 0.2) is 0 Å². The molecule has 2 atom stereocenters. The minimum atomic E-state index is -0.402. The smallest absolute Gasteiger partial charge is 0.105 e. The summed E-state index contributed by atoms with van der Waals surface area (Å²) >= 11 is 0. The van der Waals surface area contributed by atoms with Crippen molar-refractivity contribution in [3.05, 3.63) is 0 Å². The first kappa shape index (κ1) is 15.4. The second kappa shape index (κ2) is 6.51. The second-order valence-corrected chi connectivity index (χ2v) is 6.12. The monoisotopic (exact) mass is 252 g/mol. The van der Waals surface area contributed by atoms with Gasteiger partial charge in [-0.3, -0.25) is 5.32 Å². The summed E-state index contributed by atoms with van der Waals surface area (Å²) in [6, 6.07) is 3.39. The Morgan fingerprint density at radius 3 is 2.61 bits per heavy atom. The van der Waals surface area contributed by atoms with Gasteiger partial charge in [0.1, 0.15) is 5.54 Å². The number of hydrogen-bond acceptors (Lipinski definition) is 4. The van der Waals surface area contributed by atoms with Gasteiger partial charge in [0.2, 0.25) is 0 Å². The van der Waals surface area contributed by atoms with E-state index in [1.165, 1.54) is 0 Å². The Kier molecular flexibility index (Phi) is 5.58. The molecule has 4 nitrogen and oxygen atoms in total. The Labute approximate surface area is 112 Å². The van der Waals surface area contributed by atoms with Gasteiger partial charge in [0.25, 0.3) is 0 Å². The highest BCUT2D eigenvalue weighted by Gasteiger charge is 2.27. The topological polar surface area (TPSA) is 42.3 Å². The fraction of sp³-hybridized carbons (Fsp3) is 0.929. The van der Waals surface area contributed by atoms with Gasteiger partial charge in [0, 0.05) is 38.3 Å². The fourth-order valence-corrected chi connectivity index (χ4v) is 2.51. The van der Waals surface area contributed by atoms with Gasteiger partial charge in [0.05, 0.1) is 6.07 Å². The van der Waals surface area contributed by atoms with Gasteiger partial charge >= 0.3 is 0 Å². The predicted octanol–water partition coefficient (Wildman–Crippen LogP) is 1.29. The van der Waals surface area contributed by atoms with Crippen LogP contribution in [0.4, 0.5) is 0 Å². The molecule has 0 aliphatic carbocycles. The van der Waals surface area contributed by atoms with Crippen molar-refractivity contribution in [3.63, 3.8) is 0 Å². The summed E-state index contributed by atoms with van der Waals surface area (Å²) in [4.78, 5) is 4.87. The second-order valence-electron chi connectivity index (χ2n) is 6.12. The molecule has 0 aromatic rings. The average molecular weight is 252 g/mol. The van der Waals surface area contributed by atoms with Crippen LogP contribution in [0.25, 0.3) is 0 Å². The van der Waals surface area contributed by atoms with Gasteiger partial charge in [-0.05, 0) is 41.2 Å². The summed E-state index contributed by atoms with van der Waals surface area (Å²) in [6.07, 6.45) is 0.887. The van der Waals surface area contributed by atoms with Gasteiger partial charge in [-0.15, -0.1) is 0 Å². The summed E-state index contributed by atoms with van der Waals surface area (Å²) in [5.41, 5.74) is -0.402. The van der Waals surface area contributed by atoms with E-state index >= 15 is 0 Å². The zero-order valence-electron chi connectivity index (χ0n) is 12.5. The van der Waals surface area contributed by atoms with Crippen molar-refractivity contribution < 1.29 is 0 Å². The van der Waals surface area contributed by atoms with Gasteiger partial charge in [-0.1, -0.05) is 0 Å². The molecule has 0 spiro atoms. The van der Waals surface area contributed by atoms with Crippen molar-refractivity contribution >= 4 is 0 Å². The zero-order chi connectivity index (χ0) is 13.8. The van der Waals surface area contributed by atoms with Gasteiger partial charge in [-0.2, -0.15) is 5.26 Å². The first-order valence-electron chi connectivity index (χ1n) is 6.98. The first-order valence-corrected chi connectivity index (χ1v) is 6.98. The molecule has 1 aliphatic rings. The Morgan fingerprint density at radius 2 is 2.11 bits per heavy atom. The first-order chi connectivity index (χ1) is 8.36. The minimum absolute atomic E-state index is 0.348. The summed E-state index contributed by atoms with van der Waals surface area (Å²) < 4.78 is 0. The maximum Gasteiger partial charge on any atom is 0.105 e. The maximum absolute atomic E-state index is 9.32. The van der Waals surface area contributed by atoms with Crippen LogP contribution in [0.15, 0.2) is 0 Å². The molecule has 1 N–H and O–H groups in total. The van der Waals surface area contributed by atoms with Crippen molar-refractivity contribution in [2.75, 3.05) is 33.2 Å². The number of nitrogens with zero attached hydrogens (tertiary/aromatic N) is 3. The largest absolute Gasteiger partial charge is 0.301 e. The highest BCUT2D eigenvalue weighted by atomic mass is 15.3. The number of rotatable bonds is 5. The molecule has 0 saturated carbocycles. The fourth-order valence-electron chi connectivity index (χ4n) is 2.51. The molecular formula is C14H28N4. The lowest BCUT2D eigenvalue weighted by atomic mass is 9.98. The molecule has 0 aromatic carbocycles. The Bertz CT molecular complexity index is 297. The number of likely N-dealkylation sites (N-methyl/N-ethyl adjacent to an activating group) is 1. The molecule has 0 amide bonds. The van der Waals surface area contributed by atoms with Crippen LogP contribution in [0, 0.1) is 11.3 Å². The third-order valence-electron chi connectivity index (χ3n) is 3.83. The summed E-state index contributed by atoms with van der Waals surface area (Å²) in [6.45, 7) is 12.8. The average Bonchev–Trinajstić information content (AvgIpc) is 2.30. The molecule has 1 saturated heterocycles. The SMILES string of the molecule is CC(C)NC(C)(C#N)CCN1CCN(C)C(C)C1.